The first kappa shape index (κ1) is 26.9. The van der Waals surface area contributed by atoms with E-state index in [0.717, 1.165) is 5.56 Å². The second kappa shape index (κ2) is 13.4. The molecule has 0 fully saturated rings. The Morgan fingerprint density at radius 3 is 2.39 bits per heavy atom. The van der Waals surface area contributed by atoms with E-state index in [-0.39, 0.29) is 18.7 Å². The molecule has 7 nitrogen and oxygen atoms in total. The molecule has 0 heterocycles. The summed E-state index contributed by atoms with van der Waals surface area (Å²) in [6.45, 7) is 4.75. The number of carbonyl (C=O) groups excluding carboxylic acids is 2. The molecular formula is C27H27BrFN3O4. The molecule has 2 N–H and O–H groups in total. The van der Waals surface area contributed by atoms with Crippen LogP contribution in [0.4, 0.5) is 10.1 Å². The lowest BCUT2D eigenvalue weighted by atomic mass is 10.2. The van der Waals surface area contributed by atoms with E-state index >= 15 is 0 Å². The fourth-order valence-corrected chi connectivity index (χ4v) is 3.70. The van der Waals surface area contributed by atoms with Crippen LogP contribution in [-0.4, -0.2) is 24.6 Å². The molecule has 36 heavy (non-hydrogen) atoms. The summed E-state index contributed by atoms with van der Waals surface area (Å²) in [4.78, 5) is 24.0. The van der Waals surface area contributed by atoms with Crippen LogP contribution in [0.15, 0.2) is 70.2 Å². The summed E-state index contributed by atoms with van der Waals surface area (Å²) in [5.74, 6) is -0.0417. The maximum Gasteiger partial charge on any atom is 0.240 e. The van der Waals surface area contributed by atoms with Gasteiger partial charge in [0, 0.05) is 18.5 Å². The number of aryl methyl sites for hydroxylation is 1. The van der Waals surface area contributed by atoms with Gasteiger partial charge in [0.25, 0.3) is 0 Å². The molecule has 0 unspecified atom stereocenters. The Hall–Kier alpha value is -3.72. The SMILES string of the molecule is CCOc1cc(C=NNC(=O)CCC(=O)Nc2ccc(F)cc2)cc(Br)c1OCc1ccc(C)cc1. The van der Waals surface area contributed by atoms with Gasteiger partial charge in [0.2, 0.25) is 11.8 Å². The summed E-state index contributed by atoms with van der Waals surface area (Å²) in [5.41, 5.74) is 5.77. The number of halogens is 2. The maximum atomic E-state index is 12.9. The molecule has 0 radical (unpaired) electrons. The van der Waals surface area contributed by atoms with E-state index in [1.54, 1.807) is 12.1 Å². The van der Waals surface area contributed by atoms with E-state index in [2.05, 4.69) is 31.8 Å². The molecular weight excluding hydrogens is 529 g/mol. The third kappa shape index (κ3) is 8.49. The van der Waals surface area contributed by atoms with Crippen molar-refractivity contribution in [1.29, 1.82) is 0 Å². The van der Waals surface area contributed by atoms with E-state index in [1.165, 1.54) is 36.0 Å². The smallest absolute Gasteiger partial charge is 0.240 e. The van der Waals surface area contributed by atoms with Crippen molar-refractivity contribution < 1.29 is 23.5 Å². The molecule has 188 valence electrons. The zero-order chi connectivity index (χ0) is 25.9. The fourth-order valence-electron chi connectivity index (χ4n) is 3.12. The number of nitrogens with one attached hydrogen (secondary N) is 2. The van der Waals surface area contributed by atoms with Gasteiger partial charge >= 0.3 is 0 Å². The Balaban J connectivity index is 1.53. The van der Waals surface area contributed by atoms with Crippen LogP contribution in [-0.2, 0) is 16.2 Å². The molecule has 3 aromatic carbocycles. The average Bonchev–Trinajstić information content (AvgIpc) is 2.85. The van der Waals surface area contributed by atoms with Gasteiger partial charge < -0.3 is 14.8 Å². The maximum absolute atomic E-state index is 12.9. The van der Waals surface area contributed by atoms with Gasteiger partial charge in [-0.15, -0.1) is 0 Å². The molecule has 0 aliphatic rings. The number of rotatable bonds is 11. The number of carbonyl (C=O) groups is 2. The zero-order valence-corrected chi connectivity index (χ0v) is 21.6. The Kier molecular flexibility index (Phi) is 10.00. The van der Waals surface area contributed by atoms with Crippen molar-refractivity contribution in [3.05, 3.63) is 87.6 Å². The zero-order valence-electron chi connectivity index (χ0n) is 20.0. The van der Waals surface area contributed by atoms with Crippen LogP contribution in [0.25, 0.3) is 0 Å². The number of ether oxygens (including phenoxy) is 2. The number of nitrogens with zero attached hydrogens (tertiary/aromatic N) is 1. The van der Waals surface area contributed by atoms with Crippen molar-refractivity contribution >= 4 is 39.6 Å². The number of hydrogen-bond donors (Lipinski definition) is 2. The first-order valence-electron chi connectivity index (χ1n) is 11.4. The van der Waals surface area contributed by atoms with Crippen LogP contribution in [0.5, 0.6) is 11.5 Å². The number of anilines is 1. The molecule has 0 bridgehead atoms. The molecule has 3 aromatic rings. The van der Waals surface area contributed by atoms with Gasteiger partial charge in [0.1, 0.15) is 12.4 Å². The van der Waals surface area contributed by atoms with Gasteiger partial charge in [0.15, 0.2) is 11.5 Å². The van der Waals surface area contributed by atoms with E-state index in [0.29, 0.717) is 40.4 Å². The van der Waals surface area contributed by atoms with E-state index < -0.39 is 11.7 Å². The molecule has 3 rings (SSSR count). The fraction of sp³-hybridized carbons (Fsp3) is 0.222. The molecule has 0 aliphatic heterocycles. The van der Waals surface area contributed by atoms with Crippen LogP contribution < -0.4 is 20.2 Å². The van der Waals surface area contributed by atoms with Crippen LogP contribution in [0.2, 0.25) is 0 Å². The Morgan fingerprint density at radius 2 is 1.69 bits per heavy atom. The lowest BCUT2D eigenvalue weighted by Gasteiger charge is -2.15. The van der Waals surface area contributed by atoms with Gasteiger partial charge in [-0.2, -0.15) is 5.10 Å². The molecule has 2 amide bonds. The van der Waals surface area contributed by atoms with Crippen molar-refractivity contribution in [3.8, 4) is 11.5 Å². The lowest BCUT2D eigenvalue weighted by molar-refractivity contribution is -0.124. The number of amides is 2. The van der Waals surface area contributed by atoms with Crippen molar-refractivity contribution in [3.63, 3.8) is 0 Å². The third-order valence-corrected chi connectivity index (χ3v) is 5.53. The molecule has 0 saturated heterocycles. The molecule has 0 spiro atoms. The minimum atomic E-state index is -0.414. The lowest BCUT2D eigenvalue weighted by Crippen LogP contribution is -2.20. The summed E-state index contributed by atoms with van der Waals surface area (Å²) < 4.78 is 25.4. The van der Waals surface area contributed by atoms with E-state index in [1.807, 2.05) is 38.1 Å². The highest BCUT2D eigenvalue weighted by molar-refractivity contribution is 9.10. The van der Waals surface area contributed by atoms with Crippen molar-refractivity contribution in [2.24, 2.45) is 5.10 Å². The molecule has 0 aliphatic carbocycles. The molecule has 0 saturated carbocycles. The van der Waals surface area contributed by atoms with E-state index in [9.17, 15) is 14.0 Å². The topological polar surface area (TPSA) is 89.0 Å². The van der Waals surface area contributed by atoms with E-state index in [4.69, 9.17) is 9.47 Å². The molecule has 0 aromatic heterocycles. The monoisotopic (exact) mass is 555 g/mol. The Labute approximate surface area is 217 Å². The summed E-state index contributed by atoms with van der Waals surface area (Å²) >= 11 is 3.53. The highest BCUT2D eigenvalue weighted by Gasteiger charge is 2.13. The van der Waals surface area contributed by atoms with Crippen molar-refractivity contribution in [2.75, 3.05) is 11.9 Å². The van der Waals surface area contributed by atoms with Crippen LogP contribution in [0, 0.1) is 12.7 Å². The summed E-state index contributed by atoms with van der Waals surface area (Å²) in [6, 6.07) is 17.1. The van der Waals surface area contributed by atoms with Gasteiger partial charge in [-0.3, -0.25) is 9.59 Å². The van der Waals surface area contributed by atoms with Crippen molar-refractivity contribution in [2.45, 2.75) is 33.3 Å². The quantitative estimate of drug-likeness (QED) is 0.233. The minimum absolute atomic E-state index is 0.0359. The standard InChI is InChI=1S/C27H27BrFN3O4/c1-3-35-24-15-20(14-23(28)27(24)36-17-19-6-4-18(2)5-7-19)16-30-32-26(34)13-12-25(33)31-22-10-8-21(29)9-11-22/h4-11,14-16H,3,12-13,17H2,1-2H3,(H,31,33)(H,32,34). The Bertz CT molecular complexity index is 1210. The number of hydrazone groups is 1. The normalized spacial score (nSPS) is 10.8. The third-order valence-electron chi connectivity index (χ3n) is 4.95. The number of benzene rings is 3. The summed E-state index contributed by atoms with van der Waals surface area (Å²) in [6.07, 6.45) is 1.39. The van der Waals surface area contributed by atoms with Gasteiger partial charge in [-0.25, -0.2) is 9.82 Å². The van der Waals surface area contributed by atoms with Crippen molar-refractivity contribution in [1.82, 2.24) is 5.43 Å². The minimum Gasteiger partial charge on any atom is -0.490 e. The Morgan fingerprint density at radius 1 is 1.00 bits per heavy atom. The highest BCUT2D eigenvalue weighted by Crippen LogP contribution is 2.37. The summed E-state index contributed by atoms with van der Waals surface area (Å²) in [7, 11) is 0. The largest absolute Gasteiger partial charge is 0.490 e. The second-order valence-corrected chi connectivity index (χ2v) is 8.74. The van der Waals surface area contributed by atoms with Crippen LogP contribution in [0.1, 0.15) is 36.5 Å². The first-order chi connectivity index (χ1) is 17.3. The number of hydrogen-bond acceptors (Lipinski definition) is 5. The second-order valence-electron chi connectivity index (χ2n) is 7.89. The summed E-state index contributed by atoms with van der Waals surface area (Å²) in [5, 5.41) is 6.58. The molecule has 9 heteroatoms. The van der Waals surface area contributed by atoms with Crippen LogP contribution in [0.3, 0.4) is 0 Å². The highest BCUT2D eigenvalue weighted by atomic mass is 79.9. The van der Waals surface area contributed by atoms with Gasteiger partial charge in [0.05, 0.1) is 17.3 Å². The van der Waals surface area contributed by atoms with Gasteiger partial charge in [-0.1, -0.05) is 29.8 Å². The van der Waals surface area contributed by atoms with Gasteiger partial charge in [-0.05, 0) is 77.3 Å². The first-order valence-corrected chi connectivity index (χ1v) is 12.2. The predicted octanol–water partition coefficient (Wildman–Crippen LogP) is 5.74. The predicted molar refractivity (Wildman–Crippen MR) is 141 cm³/mol. The molecule has 0 atom stereocenters. The van der Waals surface area contributed by atoms with Crippen LogP contribution >= 0.6 is 15.9 Å². The average molecular weight is 556 g/mol.